The second kappa shape index (κ2) is 4.41. The largest absolute Gasteiger partial charge is 0.307 e. The summed E-state index contributed by atoms with van der Waals surface area (Å²) >= 11 is 0. The molecule has 0 radical (unpaired) electrons. The Balaban J connectivity index is 1.78. The van der Waals surface area contributed by atoms with E-state index in [0.717, 1.165) is 23.5 Å². The Morgan fingerprint density at radius 2 is 2.06 bits per heavy atom. The zero-order valence-corrected chi connectivity index (χ0v) is 10.4. The summed E-state index contributed by atoms with van der Waals surface area (Å²) in [7, 11) is 0. The van der Waals surface area contributed by atoms with Crippen LogP contribution in [0.2, 0.25) is 0 Å². The zero-order chi connectivity index (χ0) is 11.8. The molecule has 17 heavy (non-hydrogen) atoms. The zero-order valence-electron chi connectivity index (χ0n) is 10.4. The maximum atomic E-state index is 13.6. The minimum atomic E-state index is -0.0714. The molecule has 0 aromatic heterocycles. The molecule has 1 heterocycles. The van der Waals surface area contributed by atoms with E-state index in [0.29, 0.717) is 12.1 Å². The van der Waals surface area contributed by atoms with Gasteiger partial charge >= 0.3 is 0 Å². The molecule has 92 valence electrons. The van der Waals surface area contributed by atoms with Gasteiger partial charge in [0.2, 0.25) is 0 Å². The second-order valence-electron chi connectivity index (χ2n) is 5.60. The van der Waals surface area contributed by atoms with E-state index in [1.54, 1.807) is 6.07 Å². The molecular formula is C15H20FN. The molecule has 2 heteroatoms. The standard InChI is InChI=1S/C15H20FN/c1-10-5-6-12(9-13(10)16)15-8-7-11-3-2-4-14(11)17-15/h5-6,9,11,14-15,17H,2-4,7-8H2,1H3. The van der Waals surface area contributed by atoms with Crippen LogP contribution in [0.25, 0.3) is 0 Å². The Labute approximate surface area is 102 Å². The second-order valence-corrected chi connectivity index (χ2v) is 5.60. The fourth-order valence-electron chi connectivity index (χ4n) is 3.41. The SMILES string of the molecule is Cc1ccc(C2CCC3CCCC3N2)cc1F. The number of fused-ring (bicyclic) bond motifs is 1. The van der Waals surface area contributed by atoms with E-state index >= 15 is 0 Å². The average Bonchev–Trinajstić information content (AvgIpc) is 2.79. The van der Waals surface area contributed by atoms with Crippen molar-refractivity contribution in [2.45, 2.75) is 51.1 Å². The van der Waals surface area contributed by atoms with E-state index in [-0.39, 0.29) is 5.82 Å². The normalized spacial score (nSPS) is 32.5. The van der Waals surface area contributed by atoms with Gasteiger partial charge in [0.15, 0.2) is 0 Å². The van der Waals surface area contributed by atoms with Crippen LogP contribution in [0.4, 0.5) is 4.39 Å². The van der Waals surface area contributed by atoms with E-state index in [2.05, 4.69) is 11.4 Å². The van der Waals surface area contributed by atoms with Crippen molar-refractivity contribution in [3.8, 4) is 0 Å². The molecule has 1 saturated heterocycles. The van der Waals surface area contributed by atoms with Crippen LogP contribution in [-0.4, -0.2) is 6.04 Å². The maximum absolute atomic E-state index is 13.6. The highest BCUT2D eigenvalue weighted by molar-refractivity contribution is 5.26. The summed E-state index contributed by atoms with van der Waals surface area (Å²) in [5.74, 6) is 0.805. The van der Waals surface area contributed by atoms with Crippen LogP contribution < -0.4 is 5.32 Å². The van der Waals surface area contributed by atoms with Crippen molar-refractivity contribution in [2.75, 3.05) is 0 Å². The van der Waals surface area contributed by atoms with Gasteiger partial charge in [-0.15, -0.1) is 0 Å². The number of piperidine rings is 1. The van der Waals surface area contributed by atoms with Crippen LogP contribution in [0, 0.1) is 18.7 Å². The highest BCUT2D eigenvalue weighted by Gasteiger charge is 2.33. The molecule has 1 aliphatic heterocycles. The van der Waals surface area contributed by atoms with Crippen LogP contribution in [0.15, 0.2) is 18.2 Å². The Bertz CT molecular complexity index is 415. The highest BCUT2D eigenvalue weighted by atomic mass is 19.1. The molecule has 1 aromatic rings. The molecular weight excluding hydrogens is 213 g/mol. The predicted molar refractivity (Wildman–Crippen MR) is 67.4 cm³/mol. The molecule has 1 nitrogen and oxygen atoms in total. The smallest absolute Gasteiger partial charge is 0.126 e. The lowest BCUT2D eigenvalue weighted by atomic mass is 9.87. The number of hydrogen-bond donors (Lipinski definition) is 1. The summed E-state index contributed by atoms with van der Waals surface area (Å²) in [4.78, 5) is 0. The van der Waals surface area contributed by atoms with E-state index in [1.165, 1.54) is 25.7 Å². The van der Waals surface area contributed by atoms with Crippen LogP contribution >= 0.6 is 0 Å². The Morgan fingerprint density at radius 3 is 2.88 bits per heavy atom. The van der Waals surface area contributed by atoms with Gasteiger partial charge in [-0.05, 0) is 55.7 Å². The summed E-state index contributed by atoms with van der Waals surface area (Å²) in [5.41, 5.74) is 1.86. The van der Waals surface area contributed by atoms with Gasteiger partial charge in [-0.2, -0.15) is 0 Å². The monoisotopic (exact) mass is 233 g/mol. The molecule has 3 rings (SSSR count). The molecule has 2 aliphatic rings. The molecule has 3 atom stereocenters. The minimum absolute atomic E-state index is 0.0714. The van der Waals surface area contributed by atoms with Crippen molar-refractivity contribution < 1.29 is 4.39 Å². The fourth-order valence-corrected chi connectivity index (χ4v) is 3.41. The number of rotatable bonds is 1. The first-order valence-corrected chi connectivity index (χ1v) is 6.76. The minimum Gasteiger partial charge on any atom is -0.307 e. The van der Waals surface area contributed by atoms with Crippen molar-refractivity contribution in [3.05, 3.63) is 35.1 Å². The van der Waals surface area contributed by atoms with E-state index < -0.39 is 0 Å². The van der Waals surface area contributed by atoms with Crippen LogP contribution in [0.3, 0.4) is 0 Å². The van der Waals surface area contributed by atoms with Gasteiger partial charge in [0, 0.05) is 12.1 Å². The van der Waals surface area contributed by atoms with Gasteiger partial charge in [0.25, 0.3) is 0 Å². The van der Waals surface area contributed by atoms with Crippen molar-refractivity contribution in [2.24, 2.45) is 5.92 Å². The lowest BCUT2D eigenvalue weighted by Crippen LogP contribution is -2.40. The fraction of sp³-hybridized carbons (Fsp3) is 0.600. The summed E-state index contributed by atoms with van der Waals surface area (Å²) < 4.78 is 13.6. The van der Waals surface area contributed by atoms with Gasteiger partial charge in [0.05, 0.1) is 0 Å². The topological polar surface area (TPSA) is 12.0 Å². The van der Waals surface area contributed by atoms with Gasteiger partial charge in [-0.3, -0.25) is 0 Å². The number of halogens is 1. The molecule has 1 saturated carbocycles. The summed E-state index contributed by atoms with van der Waals surface area (Å²) in [6, 6.07) is 6.73. The molecule has 3 unspecified atom stereocenters. The lowest BCUT2D eigenvalue weighted by Gasteiger charge is -2.34. The van der Waals surface area contributed by atoms with Crippen LogP contribution in [0.1, 0.15) is 49.3 Å². The number of nitrogens with one attached hydrogen (secondary N) is 1. The van der Waals surface area contributed by atoms with Gasteiger partial charge in [-0.1, -0.05) is 18.6 Å². The van der Waals surface area contributed by atoms with Gasteiger partial charge in [-0.25, -0.2) is 4.39 Å². The third-order valence-electron chi connectivity index (χ3n) is 4.50. The van der Waals surface area contributed by atoms with Gasteiger partial charge < -0.3 is 5.32 Å². The maximum Gasteiger partial charge on any atom is 0.126 e. The first-order chi connectivity index (χ1) is 8.24. The van der Waals surface area contributed by atoms with Crippen molar-refractivity contribution in [3.63, 3.8) is 0 Å². The van der Waals surface area contributed by atoms with Crippen molar-refractivity contribution in [1.82, 2.24) is 5.32 Å². The Morgan fingerprint density at radius 1 is 1.18 bits per heavy atom. The lowest BCUT2D eigenvalue weighted by molar-refractivity contribution is 0.261. The molecule has 1 aromatic carbocycles. The number of benzene rings is 1. The third kappa shape index (κ3) is 2.11. The Kier molecular flexibility index (Phi) is 2.91. The van der Waals surface area contributed by atoms with Crippen LogP contribution in [0.5, 0.6) is 0 Å². The predicted octanol–water partition coefficient (Wildman–Crippen LogP) is 3.73. The molecule has 1 aliphatic carbocycles. The van der Waals surface area contributed by atoms with Gasteiger partial charge in [0.1, 0.15) is 5.82 Å². The van der Waals surface area contributed by atoms with Crippen LogP contribution in [-0.2, 0) is 0 Å². The summed E-state index contributed by atoms with van der Waals surface area (Å²) in [6.45, 7) is 1.82. The Hall–Kier alpha value is -0.890. The van der Waals surface area contributed by atoms with E-state index in [4.69, 9.17) is 0 Å². The summed E-state index contributed by atoms with van der Waals surface area (Å²) in [5, 5.41) is 3.71. The quantitative estimate of drug-likeness (QED) is 0.779. The molecule has 1 N–H and O–H groups in total. The van der Waals surface area contributed by atoms with E-state index in [1.807, 2.05) is 13.0 Å². The first kappa shape index (κ1) is 11.2. The number of hydrogen-bond acceptors (Lipinski definition) is 1. The molecule has 0 spiro atoms. The van der Waals surface area contributed by atoms with E-state index in [9.17, 15) is 4.39 Å². The average molecular weight is 233 g/mol. The molecule has 2 fully saturated rings. The molecule has 0 amide bonds. The highest BCUT2D eigenvalue weighted by Crippen LogP contribution is 2.38. The molecule has 0 bridgehead atoms. The first-order valence-electron chi connectivity index (χ1n) is 6.76. The summed E-state index contributed by atoms with van der Waals surface area (Å²) in [6.07, 6.45) is 6.50. The van der Waals surface area contributed by atoms with Crippen molar-refractivity contribution in [1.29, 1.82) is 0 Å². The van der Waals surface area contributed by atoms with Crippen molar-refractivity contribution >= 4 is 0 Å². The third-order valence-corrected chi connectivity index (χ3v) is 4.50. The number of aryl methyl sites for hydroxylation is 1.